The normalized spacial score (nSPS) is 12.0. The first kappa shape index (κ1) is 20.6. The molecule has 0 aromatic carbocycles. The Morgan fingerprint density at radius 1 is 1.05 bits per heavy atom. The second kappa shape index (κ2) is 10.1. The summed E-state index contributed by atoms with van der Waals surface area (Å²) in [5.74, 6) is -5.02. The van der Waals surface area contributed by atoms with Crippen molar-refractivity contribution < 1.29 is 45.0 Å². The molecule has 0 heterocycles. The van der Waals surface area contributed by atoms with Crippen LogP contribution in [0.3, 0.4) is 0 Å². The summed E-state index contributed by atoms with van der Waals surface area (Å²) in [7, 11) is 0. The Bertz CT molecular complexity index is 308. The predicted molar refractivity (Wildman–Crippen MR) is 65.1 cm³/mol. The Labute approximate surface area is 115 Å². The third-order valence-corrected chi connectivity index (χ3v) is 2.07. The lowest BCUT2D eigenvalue weighted by Gasteiger charge is -2.18. The van der Waals surface area contributed by atoms with Crippen molar-refractivity contribution in [3.05, 3.63) is 0 Å². The highest BCUT2D eigenvalue weighted by Gasteiger charge is 2.40. The molecule has 9 nitrogen and oxygen atoms in total. The first-order chi connectivity index (χ1) is 9.05. The van der Waals surface area contributed by atoms with Gasteiger partial charge in [0.15, 0.2) is 5.60 Å². The van der Waals surface area contributed by atoms with E-state index in [-0.39, 0.29) is 12.7 Å². The fourth-order valence-electron chi connectivity index (χ4n) is 1.10. The molecule has 0 amide bonds. The van der Waals surface area contributed by atoms with E-state index >= 15 is 0 Å². The van der Waals surface area contributed by atoms with Crippen molar-refractivity contribution >= 4 is 17.9 Å². The van der Waals surface area contributed by atoms with E-state index in [2.05, 4.69) is 0 Å². The molecule has 0 aliphatic heterocycles. The van der Waals surface area contributed by atoms with Crippen LogP contribution in [0.15, 0.2) is 0 Å². The summed E-state index contributed by atoms with van der Waals surface area (Å²) in [6.07, 6.45) is -1.13. The van der Waals surface area contributed by atoms with Gasteiger partial charge in [-0.3, -0.25) is 9.59 Å². The maximum Gasteiger partial charge on any atom is 0.336 e. The first-order valence-corrected chi connectivity index (χ1v) is 5.73. The van der Waals surface area contributed by atoms with Crippen LogP contribution in [0.4, 0.5) is 0 Å². The molecule has 0 aromatic heterocycles. The van der Waals surface area contributed by atoms with Gasteiger partial charge in [0.05, 0.1) is 18.9 Å². The van der Waals surface area contributed by atoms with Crippen molar-refractivity contribution in [3.8, 4) is 0 Å². The summed E-state index contributed by atoms with van der Waals surface area (Å²) in [5.41, 5.74) is -2.74. The molecule has 20 heavy (non-hydrogen) atoms. The van der Waals surface area contributed by atoms with E-state index in [1.54, 1.807) is 6.92 Å². The molecule has 0 bridgehead atoms. The molecule has 1 atom stereocenters. The average Bonchev–Trinajstić information content (AvgIpc) is 2.24. The zero-order valence-electron chi connectivity index (χ0n) is 11.0. The van der Waals surface area contributed by atoms with E-state index in [0.29, 0.717) is 12.8 Å². The van der Waals surface area contributed by atoms with Gasteiger partial charge < -0.3 is 30.6 Å². The summed E-state index contributed by atoms with van der Waals surface area (Å²) in [5, 5.41) is 50.6. The first-order valence-electron chi connectivity index (χ1n) is 5.73. The largest absolute Gasteiger partial charge is 0.481 e. The van der Waals surface area contributed by atoms with E-state index in [9.17, 15) is 14.4 Å². The molecule has 0 aliphatic rings. The van der Waals surface area contributed by atoms with Crippen molar-refractivity contribution in [2.75, 3.05) is 6.61 Å². The number of carboxylic acid groups (broad SMARTS) is 3. The molecular weight excluding hydrogens is 276 g/mol. The number of aliphatic hydroxyl groups excluding tert-OH is 2. The van der Waals surface area contributed by atoms with Crippen molar-refractivity contribution in [3.63, 3.8) is 0 Å². The highest BCUT2D eigenvalue weighted by atomic mass is 16.4. The molecule has 0 spiro atoms. The van der Waals surface area contributed by atoms with Gasteiger partial charge in [0.25, 0.3) is 0 Å². The lowest BCUT2D eigenvalue weighted by atomic mass is 9.96. The third-order valence-electron chi connectivity index (χ3n) is 2.07. The van der Waals surface area contributed by atoms with Gasteiger partial charge in [0.1, 0.15) is 0 Å². The van der Waals surface area contributed by atoms with E-state index in [4.69, 9.17) is 30.6 Å². The van der Waals surface area contributed by atoms with Crippen LogP contribution < -0.4 is 0 Å². The third kappa shape index (κ3) is 11.4. The van der Waals surface area contributed by atoms with Crippen LogP contribution in [-0.4, -0.2) is 66.9 Å². The van der Waals surface area contributed by atoms with Crippen LogP contribution in [0, 0.1) is 0 Å². The quantitative estimate of drug-likeness (QED) is 0.324. The van der Waals surface area contributed by atoms with Crippen LogP contribution in [0.5, 0.6) is 0 Å². The number of aliphatic carboxylic acids is 3. The minimum atomic E-state index is -2.74. The lowest BCUT2D eigenvalue weighted by molar-refractivity contribution is -0.170. The zero-order valence-corrected chi connectivity index (χ0v) is 11.0. The highest BCUT2D eigenvalue weighted by Crippen LogP contribution is 2.15. The summed E-state index contributed by atoms with van der Waals surface area (Å²) in [6.45, 7) is 1.90. The number of hydrogen-bond acceptors (Lipinski definition) is 6. The minimum absolute atomic E-state index is 0.185. The molecule has 0 fully saturated rings. The Hall–Kier alpha value is -1.71. The second-order valence-corrected chi connectivity index (χ2v) is 4.19. The van der Waals surface area contributed by atoms with E-state index in [0.717, 1.165) is 0 Å². The summed E-state index contributed by atoms with van der Waals surface area (Å²) >= 11 is 0. The highest BCUT2D eigenvalue weighted by molar-refractivity contribution is 5.88. The number of rotatable bonds is 8. The van der Waals surface area contributed by atoms with Gasteiger partial charge in [-0.2, -0.15) is 0 Å². The molecule has 0 saturated carbocycles. The standard InChI is InChI=1S/C6H8O7.C5H12O2/c7-3(8)1-6(13,5(11)12)2-4(9)10;1-5(7)3-2-4-6/h13H,1-2H2,(H,7,8)(H,9,10)(H,11,12);5-7H,2-4H2,1H3. The van der Waals surface area contributed by atoms with Crippen molar-refractivity contribution in [2.24, 2.45) is 0 Å². The molecule has 118 valence electrons. The maximum absolute atomic E-state index is 10.3. The van der Waals surface area contributed by atoms with Crippen LogP contribution in [0.1, 0.15) is 32.6 Å². The van der Waals surface area contributed by atoms with E-state index in [1.165, 1.54) is 0 Å². The van der Waals surface area contributed by atoms with Crippen LogP contribution in [-0.2, 0) is 14.4 Å². The van der Waals surface area contributed by atoms with Gasteiger partial charge in [-0.15, -0.1) is 0 Å². The fraction of sp³-hybridized carbons (Fsp3) is 0.727. The van der Waals surface area contributed by atoms with Crippen LogP contribution in [0.25, 0.3) is 0 Å². The summed E-state index contributed by atoms with van der Waals surface area (Å²) in [6, 6.07) is 0. The number of carbonyl (C=O) groups is 3. The Morgan fingerprint density at radius 2 is 1.45 bits per heavy atom. The average molecular weight is 296 g/mol. The summed E-state index contributed by atoms with van der Waals surface area (Å²) < 4.78 is 0. The monoisotopic (exact) mass is 296 g/mol. The molecule has 0 saturated heterocycles. The topological polar surface area (TPSA) is 173 Å². The zero-order chi connectivity index (χ0) is 16.3. The van der Waals surface area contributed by atoms with Crippen molar-refractivity contribution in [2.45, 2.75) is 44.3 Å². The lowest BCUT2D eigenvalue weighted by Crippen LogP contribution is -2.42. The van der Waals surface area contributed by atoms with Crippen LogP contribution in [0.2, 0.25) is 0 Å². The smallest absolute Gasteiger partial charge is 0.336 e. The maximum atomic E-state index is 10.3. The SMILES string of the molecule is CC(O)CCCO.O=C(O)CC(O)(CC(=O)O)C(=O)O. The van der Waals surface area contributed by atoms with Gasteiger partial charge in [-0.25, -0.2) is 4.79 Å². The van der Waals surface area contributed by atoms with Crippen LogP contribution >= 0.6 is 0 Å². The van der Waals surface area contributed by atoms with Gasteiger partial charge in [-0.1, -0.05) is 0 Å². The number of hydrogen-bond donors (Lipinski definition) is 6. The number of carboxylic acids is 3. The van der Waals surface area contributed by atoms with Gasteiger partial charge in [0, 0.05) is 6.61 Å². The fourth-order valence-corrected chi connectivity index (χ4v) is 1.10. The molecule has 9 heteroatoms. The molecule has 0 rings (SSSR count). The van der Waals surface area contributed by atoms with Gasteiger partial charge in [-0.05, 0) is 19.8 Å². The molecule has 0 aromatic rings. The second-order valence-electron chi connectivity index (χ2n) is 4.19. The summed E-state index contributed by atoms with van der Waals surface area (Å²) in [4.78, 5) is 30.5. The predicted octanol–water partition coefficient (Wildman–Crippen LogP) is -1.11. The number of aliphatic hydroxyl groups is 3. The molecular formula is C11H20O9. The molecule has 6 N–H and O–H groups in total. The Balaban J connectivity index is 0. The van der Waals surface area contributed by atoms with Gasteiger partial charge >= 0.3 is 17.9 Å². The van der Waals surface area contributed by atoms with Crippen molar-refractivity contribution in [1.29, 1.82) is 0 Å². The van der Waals surface area contributed by atoms with Gasteiger partial charge in [0.2, 0.25) is 0 Å². The van der Waals surface area contributed by atoms with E-state index < -0.39 is 36.4 Å². The van der Waals surface area contributed by atoms with Crippen molar-refractivity contribution in [1.82, 2.24) is 0 Å². The Kier molecular flexibility index (Phi) is 10.4. The Morgan fingerprint density at radius 3 is 1.60 bits per heavy atom. The molecule has 0 radical (unpaired) electrons. The van der Waals surface area contributed by atoms with E-state index in [1.807, 2.05) is 0 Å². The molecule has 1 unspecified atom stereocenters. The molecule has 0 aliphatic carbocycles. The minimum Gasteiger partial charge on any atom is -0.481 e.